The number of hydrogen-bond acceptors (Lipinski definition) is 5. The van der Waals surface area contributed by atoms with Crippen LogP contribution in [0.25, 0.3) is 0 Å². The summed E-state index contributed by atoms with van der Waals surface area (Å²) in [6.45, 7) is 12.4. The van der Waals surface area contributed by atoms with E-state index in [-0.39, 0.29) is 18.3 Å². The van der Waals surface area contributed by atoms with Crippen LogP contribution in [-0.4, -0.2) is 51.6 Å². The first-order valence-electron chi connectivity index (χ1n) is 8.47. The second kappa shape index (κ2) is 7.78. The molecule has 7 heteroatoms. The lowest BCUT2D eigenvalue weighted by molar-refractivity contribution is -0.106. The van der Waals surface area contributed by atoms with Gasteiger partial charge in [0.25, 0.3) is 11.8 Å². The number of fused-ring (bicyclic) bond motifs is 1. The average molecular weight is 366 g/mol. The summed E-state index contributed by atoms with van der Waals surface area (Å²) in [6.07, 6.45) is 0. The lowest BCUT2D eigenvalue weighted by Crippen LogP contribution is -2.41. The van der Waals surface area contributed by atoms with Crippen LogP contribution in [0.5, 0.6) is 0 Å². The molecule has 0 unspecified atom stereocenters. The van der Waals surface area contributed by atoms with E-state index >= 15 is 0 Å². The monoisotopic (exact) mass is 365 g/mol. The van der Waals surface area contributed by atoms with Gasteiger partial charge in [-0.25, -0.2) is 0 Å². The van der Waals surface area contributed by atoms with Gasteiger partial charge in [0.2, 0.25) is 0 Å². The molecule has 2 amide bonds. The van der Waals surface area contributed by atoms with Gasteiger partial charge in [0, 0.05) is 0 Å². The summed E-state index contributed by atoms with van der Waals surface area (Å²) in [7, 11) is -1.76. The van der Waals surface area contributed by atoms with Crippen LogP contribution in [0.2, 0.25) is 18.1 Å². The van der Waals surface area contributed by atoms with E-state index in [1.165, 1.54) is 0 Å². The molecule has 2 rings (SSSR count). The molecule has 138 valence electrons. The zero-order chi connectivity index (χ0) is 18.7. The SMILES string of the molecule is CC(C)(C)[Si](C)(C)OCCOCCON1C(=O)c2ccccc2C1=O. The number of amides is 2. The van der Waals surface area contributed by atoms with Gasteiger partial charge in [-0.15, -0.1) is 5.06 Å². The van der Waals surface area contributed by atoms with Crippen molar-refractivity contribution in [3.05, 3.63) is 35.4 Å². The molecular formula is C18H27NO5Si. The van der Waals surface area contributed by atoms with Crippen molar-refractivity contribution in [2.24, 2.45) is 0 Å². The molecular weight excluding hydrogens is 338 g/mol. The van der Waals surface area contributed by atoms with Crippen molar-refractivity contribution in [3.63, 3.8) is 0 Å². The highest BCUT2D eigenvalue weighted by atomic mass is 28.4. The van der Waals surface area contributed by atoms with E-state index in [2.05, 4.69) is 33.9 Å². The predicted molar refractivity (Wildman–Crippen MR) is 96.9 cm³/mol. The standard InChI is InChI=1S/C18H27NO5Si/c1-18(2,3)25(4,5)24-13-11-22-10-12-23-19-16(20)14-8-6-7-9-15(14)17(19)21/h6-9H,10-13H2,1-5H3. The first-order chi connectivity index (χ1) is 11.6. The Labute approximate surface area is 150 Å². The predicted octanol–water partition coefficient (Wildman–Crippen LogP) is 3.25. The van der Waals surface area contributed by atoms with Gasteiger partial charge in [-0.1, -0.05) is 32.9 Å². The van der Waals surface area contributed by atoms with E-state index in [1.54, 1.807) is 24.3 Å². The second-order valence-corrected chi connectivity index (χ2v) is 12.3. The Kier molecular flexibility index (Phi) is 6.15. The maximum Gasteiger partial charge on any atom is 0.285 e. The Balaban J connectivity index is 1.66. The third-order valence-corrected chi connectivity index (χ3v) is 9.24. The van der Waals surface area contributed by atoms with Gasteiger partial charge < -0.3 is 9.16 Å². The maximum atomic E-state index is 12.1. The van der Waals surface area contributed by atoms with Crippen LogP contribution in [-0.2, 0) is 14.0 Å². The topological polar surface area (TPSA) is 65.1 Å². The highest BCUT2D eigenvalue weighted by molar-refractivity contribution is 6.74. The van der Waals surface area contributed by atoms with Crippen LogP contribution in [0.15, 0.2) is 24.3 Å². The smallest absolute Gasteiger partial charge is 0.285 e. The first-order valence-corrected chi connectivity index (χ1v) is 11.4. The summed E-state index contributed by atoms with van der Waals surface area (Å²) in [6, 6.07) is 6.68. The number of hydrogen-bond donors (Lipinski definition) is 0. The molecule has 1 heterocycles. The fraction of sp³-hybridized carbons (Fsp3) is 0.556. The third-order valence-electron chi connectivity index (χ3n) is 4.70. The van der Waals surface area contributed by atoms with Crippen molar-refractivity contribution in [1.82, 2.24) is 5.06 Å². The van der Waals surface area contributed by atoms with Gasteiger partial charge in [0.15, 0.2) is 8.32 Å². The van der Waals surface area contributed by atoms with Crippen LogP contribution in [0.4, 0.5) is 0 Å². The van der Waals surface area contributed by atoms with Crippen molar-refractivity contribution in [3.8, 4) is 0 Å². The minimum atomic E-state index is -1.76. The molecule has 0 saturated carbocycles. The van der Waals surface area contributed by atoms with E-state index in [0.717, 1.165) is 5.06 Å². The highest BCUT2D eigenvalue weighted by Gasteiger charge is 2.37. The number of rotatable bonds is 8. The number of benzene rings is 1. The van der Waals surface area contributed by atoms with E-state index in [1.807, 2.05) is 0 Å². The summed E-state index contributed by atoms with van der Waals surface area (Å²) >= 11 is 0. The molecule has 1 aromatic rings. The van der Waals surface area contributed by atoms with Crippen molar-refractivity contribution >= 4 is 20.1 Å². The van der Waals surface area contributed by atoms with Crippen molar-refractivity contribution in [2.45, 2.75) is 38.9 Å². The van der Waals surface area contributed by atoms with Crippen LogP contribution < -0.4 is 0 Å². The summed E-state index contributed by atoms with van der Waals surface area (Å²) < 4.78 is 11.5. The van der Waals surface area contributed by atoms with Crippen LogP contribution >= 0.6 is 0 Å². The third kappa shape index (κ3) is 4.55. The van der Waals surface area contributed by atoms with Gasteiger partial charge in [-0.05, 0) is 30.3 Å². The molecule has 0 saturated heterocycles. The fourth-order valence-electron chi connectivity index (χ4n) is 2.15. The van der Waals surface area contributed by atoms with Gasteiger partial charge >= 0.3 is 0 Å². The Bertz CT molecular complexity index is 604. The molecule has 0 N–H and O–H groups in total. The second-order valence-electron chi connectivity index (χ2n) is 7.50. The van der Waals surface area contributed by atoms with Gasteiger partial charge in [0.05, 0.1) is 37.6 Å². The number of imide groups is 1. The van der Waals surface area contributed by atoms with Gasteiger partial charge in [-0.3, -0.25) is 14.4 Å². The van der Waals surface area contributed by atoms with E-state index in [9.17, 15) is 9.59 Å². The van der Waals surface area contributed by atoms with Crippen molar-refractivity contribution < 1.29 is 23.6 Å². The maximum absolute atomic E-state index is 12.1. The fourth-order valence-corrected chi connectivity index (χ4v) is 3.17. The molecule has 0 aliphatic carbocycles. The lowest BCUT2D eigenvalue weighted by Gasteiger charge is -2.36. The molecule has 1 aliphatic heterocycles. The highest BCUT2D eigenvalue weighted by Crippen LogP contribution is 2.36. The quantitative estimate of drug-likeness (QED) is 0.402. The summed E-state index contributed by atoms with van der Waals surface area (Å²) in [5, 5.41) is 0.974. The van der Waals surface area contributed by atoms with Crippen molar-refractivity contribution in [1.29, 1.82) is 0 Å². The minimum Gasteiger partial charge on any atom is -0.414 e. The molecule has 0 radical (unpaired) electrons. The zero-order valence-corrected chi connectivity index (χ0v) is 16.6. The van der Waals surface area contributed by atoms with E-state index < -0.39 is 20.1 Å². The van der Waals surface area contributed by atoms with Crippen LogP contribution in [0.3, 0.4) is 0 Å². The Morgan fingerprint density at radius 2 is 1.44 bits per heavy atom. The van der Waals surface area contributed by atoms with Gasteiger partial charge in [0.1, 0.15) is 0 Å². The number of carbonyl (C=O) groups is 2. The summed E-state index contributed by atoms with van der Waals surface area (Å²) in [4.78, 5) is 29.5. The molecule has 0 spiro atoms. The lowest BCUT2D eigenvalue weighted by atomic mass is 10.1. The Hall–Kier alpha value is -1.54. The van der Waals surface area contributed by atoms with Crippen LogP contribution in [0.1, 0.15) is 41.5 Å². The Morgan fingerprint density at radius 3 is 1.96 bits per heavy atom. The number of ether oxygens (including phenoxy) is 1. The van der Waals surface area contributed by atoms with E-state index in [4.69, 9.17) is 14.0 Å². The summed E-state index contributed by atoms with van der Waals surface area (Å²) in [5.41, 5.74) is 0.743. The molecule has 1 aromatic carbocycles. The minimum absolute atomic E-state index is 0.131. The number of hydroxylamine groups is 2. The zero-order valence-electron chi connectivity index (χ0n) is 15.6. The van der Waals surface area contributed by atoms with Gasteiger partial charge in [-0.2, -0.15) is 0 Å². The number of nitrogens with zero attached hydrogens (tertiary/aromatic N) is 1. The van der Waals surface area contributed by atoms with E-state index in [0.29, 0.717) is 24.3 Å². The largest absolute Gasteiger partial charge is 0.414 e. The Morgan fingerprint density at radius 1 is 0.920 bits per heavy atom. The summed E-state index contributed by atoms with van der Waals surface area (Å²) in [5.74, 6) is -0.858. The number of carbonyl (C=O) groups excluding carboxylic acids is 2. The molecule has 1 aliphatic rings. The molecule has 0 aromatic heterocycles. The normalized spacial score (nSPS) is 15.0. The molecule has 6 nitrogen and oxygen atoms in total. The molecule has 0 fully saturated rings. The van der Waals surface area contributed by atoms with Crippen LogP contribution in [0, 0.1) is 0 Å². The molecule has 0 atom stereocenters. The van der Waals surface area contributed by atoms with Crippen molar-refractivity contribution in [2.75, 3.05) is 26.4 Å². The molecule has 25 heavy (non-hydrogen) atoms. The first kappa shape index (κ1) is 19.8. The molecule has 0 bridgehead atoms. The average Bonchev–Trinajstić information content (AvgIpc) is 2.78.